The molecule has 4 nitrogen and oxygen atoms in total. The average Bonchev–Trinajstić information content (AvgIpc) is 2.76. The zero-order valence-electron chi connectivity index (χ0n) is 8.28. The van der Waals surface area contributed by atoms with Crippen LogP contribution in [0.25, 0.3) is 0 Å². The fourth-order valence-electron chi connectivity index (χ4n) is 1.23. The van der Waals surface area contributed by atoms with Gasteiger partial charge in [-0.05, 0) is 23.7 Å². The van der Waals surface area contributed by atoms with Gasteiger partial charge in [0.05, 0.1) is 12.5 Å². The Labute approximate surface area is 96.5 Å². The first-order valence-electron chi connectivity index (χ1n) is 4.70. The molecule has 1 N–H and O–H groups in total. The maximum atomic E-state index is 13.2. The fraction of sp³-hybridized carbons (Fsp3) is 0.200. The maximum absolute atomic E-state index is 13.2. The van der Waals surface area contributed by atoms with Crippen LogP contribution in [0.15, 0.2) is 29.0 Å². The third-order valence-electron chi connectivity index (χ3n) is 1.96. The van der Waals surface area contributed by atoms with Crippen LogP contribution in [0.3, 0.4) is 0 Å². The molecule has 0 fully saturated rings. The third kappa shape index (κ3) is 2.70. The highest BCUT2D eigenvalue weighted by atomic mass is 35.5. The zero-order chi connectivity index (χ0) is 11.4. The molecule has 0 saturated carbocycles. The number of halogens is 2. The normalized spacial score (nSPS) is 10.4. The Bertz CT molecular complexity index is 461. The summed E-state index contributed by atoms with van der Waals surface area (Å²) in [5, 5.41) is 2.84. The smallest absolute Gasteiger partial charge is 0.224 e. The molecule has 0 aliphatic rings. The van der Waals surface area contributed by atoms with Gasteiger partial charge in [-0.2, -0.15) is 4.98 Å². The lowest BCUT2D eigenvalue weighted by atomic mass is 10.3. The van der Waals surface area contributed by atoms with E-state index in [0.29, 0.717) is 13.0 Å². The van der Waals surface area contributed by atoms with Crippen molar-refractivity contribution in [2.45, 2.75) is 6.42 Å². The highest BCUT2D eigenvalue weighted by Crippen LogP contribution is 2.12. The minimum Gasteiger partial charge on any atom is -0.469 e. The van der Waals surface area contributed by atoms with E-state index < -0.39 is 5.82 Å². The standard InChI is InChI=1S/C10H9ClFN3O/c11-10-14-6-8(12)9(15-10)13-4-3-7-2-1-5-16-7/h1-2,5-6H,3-4H2,(H,13,14,15). The SMILES string of the molecule is Fc1cnc(Cl)nc1NCCc1ccco1. The molecule has 0 amide bonds. The highest BCUT2D eigenvalue weighted by molar-refractivity contribution is 6.28. The van der Waals surface area contributed by atoms with Gasteiger partial charge < -0.3 is 9.73 Å². The van der Waals surface area contributed by atoms with Gasteiger partial charge in [0, 0.05) is 13.0 Å². The molecule has 0 unspecified atom stereocenters. The molecule has 0 aromatic carbocycles. The molecule has 0 saturated heterocycles. The first kappa shape index (κ1) is 10.9. The van der Waals surface area contributed by atoms with Gasteiger partial charge in [0.25, 0.3) is 0 Å². The van der Waals surface area contributed by atoms with Gasteiger partial charge in [-0.1, -0.05) is 0 Å². The Balaban J connectivity index is 1.92. The number of rotatable bonds is 4. The van der Waals surface area contributed by atoms with Gasteiger partial charge in [0.2, 0.25) is 5.28 Å². The largest absolute Gasteiger partial charge is 0.469 e. The number of hydrogen-bond donors (Lipinski definition) is 1. The van der Waals surface area contributed by atoms with Crippen molar-refractivity contribution in [2.75, 3.05) is 11.9 Å². The molecule has 6 heteroatoms. The van der Waals surface area contributed by atoms with Crippen LogP contribution in [0.4, 0.5) is 10.2 Å². The summed E-state index contributed by atoms with van der Waals surface area (Å²) >= 11 is 5.55. The van der Waals surface area contributed by atoms with Crippen molar-refractivity contribution in [3.63, 3.8) is 0 Å². The van der Waals surface area contributed by atoms with E-state index in [1.54, 1.807) is 12.3 Å². The Kier molecular flexibility index (Phi) is 3.36. The second-order valence-corrected chi connectivity index (χ2v) is 3.43. The molecule has 2 aromatic heterocycles. The van der Waals surface area contributed by atoms with Crippen molar-refractivity contribution in [2.24, 2.45) is 0 Å². The van der Waals surface area contributed by atoms with Gasteiger partial charge in [-0.3, -0.25) is 0 Å². The van der Waals surface area contributed by atoms with E-state index in [-0.39, 0.29) is 11.1 Å². The lowest BCUT2D eigenvalue weighted by molar-refractivity contribution is 0.512. The lowest BCUT2D eigenvalue weighted by Crippen LogP contribution is -2.08. The van der Waals surface area contributed by atoms with Crippen LogP contribution in [0.5, 0.6) is 0 Å². The van der Waals surface area contributed by atoms with Crippen molar-refractivity contribution < 1.29 is 8.81 Å². The second kappa shape index (κ2) is 4.94. The average molecular weight is 242 g/mol. The van der Waals surface area contributed by atoms with Crippen molar-refractivity contribution in [3.8, 4) is 0 Å². The monoisotopic (exact) mass is 241 g/mol. The van der Waals surface area contributed by atoms with E-state index >= 15 is 0 Å². The molecule has 2 heterocycles. The van der Waals surface area contributed by atoms with E-state index in [9.17, 15) is 4.39 Å². The Morgan fingerprint density at radius 1 is 1.50 bits per heavy atom. The van der Waals surface area contributed by atoms with Gasteiger partial charge in [0.1, 0.15) is 5.76 Å². The van der Waals surface area contributed by atoms with Crippen LogP contribution < -0.4 is 5.32 Å². The summed E-state index contributed by atoms with van der Waals surface area (Å²) in [7, 11) is 0. The van der Waals surface area contributed by atoms with E-state index in [4.69, 9.17) is 16.0 Å². The quantitative estimate of drug-likeness (QED) is 0.836. The van der Waals surface area contributed by atoms with Crippen LogP contribution in [0, 0.1) is 5.82 Å². The minimum atomic E-state index is -0.524. The second-order valence-electron chi connectivity index (χ2n) is 3.09. The summed E-state index contributed by atoms with van der Waals surface area (Å²) in [6, 6.07) is 3.66. The molecule has 2 rings (SSSR count). The molecule has 0 spiro atoms. The predicted octanol–water partition coefficient (Wildman–Crippen LogP) is 2.52. The van der Waals surface area contributed by atoms with Crippen LogP contribution in [-0.2, 0) is 6.42 Å². The van der Waals surface area contributed by atoms with Crippen LogP contribution >= 0.6 is 11.6 Å². The van der Waals surface area contributed by atoms with E-state index in [1.807, 2.05) is 6.07 Å². The van der Waals surface area contributed by atoms with Gasteiger partial charge >= 0.3 is 0 Å². The van der Waals surface area contributed by atoms with Gasteiger partial charge in [-0.25, -0.2) is 9.37 Å². The Morgan fingerprint density at radius 2 is 2.38 bits per heavy atom. The van der Waals surface area contributed by atoms with Crippen LogP contribution in [0.1, 0.15) is 5.76 Å². The molecule has 2 aromatic rings. The lowest BCUT2D eigenvalue weighted by Gasteiger charge is -2.04. The molecule has 0 bridgehead atoms. The summed E-state index contributed by atoms with van der Waals surface area (Å²) in [6.07, 6.45) is 3.27. The number of furan rings is 1. The fourth-order valence-corrected chi connectivity index (χ4v) is 1.36. The predicted molar refractivity (Wildman–Crippen MR) is 57.9 cm³/mol. The molecular formula is C10H9ClFN3O. The summed E-state index contributed by atoms with van der Waals surface area (Å²) in [5.74, 6) is 0.406. The number of nitrogens with one attached hydrogen (secondary N) is 1. The van der Waals surface area contributed by atoms with E-state index in [0.717, 1.165) is 12.0 Å². The summed E-state index contributed by atoms with van der Waals surface area (Å²) in [6.45, 7) is 0.512. The van der Waals surface area contributed by atoms with Crippen molar-refractivity contribution >= 4 is 17.4 Å². The zero-order valence-corrected chi connectivity index (χ0v) is 9.04. The van der Waals surface area contributed by atoms with Crippen LogP contribution in [-0.4, -0.2) is 16.5 Å². The molecule has 16 heavy (non-hydrogen) atoms. The molecule has 0 atom stereocenters. The first-order chi connectivity index (χ1) is 7.75. The van der Waals surface area contributed by atoms with E-state index in [1.165, 1.54) is 0 Å². The first-order valence-corrected chi connectivity index (χ1v) is 5.08. The maximum Gasteiger partial charge on any atom is 0.224 e. The van der Waals surface area contributed by atoms with Crippen molar-refractivity contribution in [3.05, 3.63) is 41.5 Å². The van der Waals surface area contributed by atoms with Crippen LogP contribution in [0.2, 0.25) is 5.28 Å². The number of aromatic nitrogens is 2. The summed E-state index contributed by atoms with van der Waals surface area (Å²) in [5.41, 5.74) is 0. The molecule has 84 valence electrons. The van der Waals surface area contributed by atoms with Gasteiger partial charge in [-0.15, -0.1) is 0 Å². The number of nitrogens with zero attached hydrogens (tertiary/aromatic N) is 2. The molecule has 0 radical (unpaired) electrons. The summed E-state index contributed by atoms with van der Waals surface area (Å²) in [4.78, 5) is 7.25. The highest BCUT2D eigenvalue weighted by Gasteiger charge is 2.05. The van der Waals surface area contributed by atoms with Gasteiger partial charge in [0.15, 0.2) is 11.6 Å². The Hall–Kier alpha value is -1.62. The number of anilines is 1. The summed E-state index contributed by atoms with van der Waals surface area (Å²) < 4.78 is 18.3. The Morgan fingerprint density at radius 3 is 3.12 bits per heavy atom. The van der Waals surface area contributed by atoms with E-state index in [2.05, 4.69) is 15.3 Å². The van der Waals surface area contributed by atoms with Crippen molar-refractivity contribution in [1.29, 1.82) is 0 Å². The van der Waals surface area contributed by atoms with Crippen molar-refractivity contribution in [1.82, 2.24) is 9.97 Å². The molecule has 0 aliphatic carbocycles. The third-order valence-corrected chi connectivity index (χ3v) is 2.14. The minimum absolute atomic E-state index is 0.0156. The molecular weight excluding hydrogens is 233 g/mol. The topological polar surface area (TPSA) is 51.0 Å². The number of hydrogen-bond acceptors (Lipinski definition) is 4. The molecule has 0 aliphatic heterocycles.